The summed E-state index contributed by atoms with van der Waals surface area (Å²) in [6.07, 6.45) is 2.47. The fourth-order valence-electron chi connectivity index (χ4n) is 3.52. The second-order valence-corrected chi connectivity index (χ2v) is 8.04. The zero-order chi connectivity index (χ0) is 18.7. The summed E-state index contributed by atoms with van der Waals surface area (Å²) in [5, 5.41) is 3.10. The Morgan fingerprint density at radius 1 is 1.04 bits per heavy atom. The maximum Gasteiger partial charge on any atom is 0.253 e. The van der Waals surface area contributed by atoms with Crippen LogP contribution < -0.4 is 5.32 Å². The molecular weight excluding hydrogens is 326 g/mol. The van der Waals surface area contributed by atoms with Crippen molar-refractivity contribution < 1.29 is 9.59 Å². The summed E-state index contributed by atoms with van der Waals surface area (Å²) in [5.41, 5.74) is 2.00. The van der Waals surface area contributed by atoms with Gasteiger partial charge in [-0.15, -0.1) is 0 Å². The van der Waals surface area contributed by atoms with Gasteiger partial charge in [-0.3, -0.25) is 14.5 Å². The first-order chi connectivity index (χ1) is 12.4. The first kappa shape index (κ1) is 18.9. The van der Waals surface area contributed by atoms with Crippen LogP contribution in [-0.4, -0.2) is 60.4 Å². The third-order valence-electron chi connectivity index (χ3n) is 5.57. The minimum Gasteiger partial charge on any atom is -0.352 e. The zero-order valence-corrected chi connectivity index (χ0v) is 16.2. The van der Waals surface area contributed by atoms with E-state index in [1.165, 1.54) is 18.4 Å². The van der Waals surface area contributed by atoms with Crippen molar-refractivity contribution in [1.29, 1.82) is 0 Å². The van der Waals surface area contributed by atoms with Crippen molar-refractivity contribution in [1.82, 2.24) is 15.1 Å². The minimum atomic E-state index is 0.0896. The van der Waals surface area contributed by atoms with Crippen LogP contribution in [-0.2, 0) is 4.79 Å². The lowest BCUT2D eigenvalue weighted by Crippen LogP contribution is -2.51. The van der Waals surface area contributed by atoms with E-state index < -0.39 is 0 Å². The van der Waals surface area contributed by atoms with E-state index in [0.29, 0.717) is 37.5 Å². The van der Waals surface area contributed by atoms with Crippen LogP contribution >= 0.6 is 0 Å². The highest BCUT2D eigenvalue weighted by Crippen LogP contribution is 2.32. The molecule has 1 aromatic carbocycles. The third-order valence-corrected chi connectivity index (χ3v) is 5.57. The standard InChI is InChI=1S/C21H31N3O2/c1-15(2)17-4-8-19(9-5-17)21(26)24-12-10-23(11-13-24)14-20(25)22-16(3)18-6-7-18/h4-5,8-9,15-16,18H,6-7,10-14H2,1-3H3,(H,22,25). The second-order valence-electron chi connectivity index (χ2n) is 8.04. The average Bonchev–Trinajstić information content (AvgIpc) is 3.47. The molecule has 5 heteroatoms. The number of benzene rings is 1. The summed E-state index contributed by atoms with van der Waals surface area (Å²) in [4.78, 5) is 28.8. The number of nitrogens with one attached hydrogen (secondary N) is 1. The maximum atomic E-state index is 12.7. The molecule has 0 radical (unpaired) electrons. The molecule has 0 spiro atoms. The number of piperazine rings is 1. The molecule has 2 fully saturated rings. The Balaban J connectivity index is 1.45. The van der Waals surface area contributed by atoms with E-state index in [4.69, 9.17) is 0 Å². The first-order valence-electron chi connectivity index (χ1n) is 9.85. The van der Waals surface area contributed by atoms with E-state index >= 15 is 0 Å². The fourth-order valence-corrected chi connectivity index (χ4v) is 3.52. The Kier molecular flexibility index (Phi) is 5.97. The van der Waals surface area contributed by atoms with Crippen LogP contribution in [0.3, 0.4) is 0 Å². The molecule has 1 heterocycles. The summed E-state index contributed by atoms with van der Waals surface area (Å²) >= 11 is 0. The number of hydrogen-bond acceptors (Lipinski definition) is 3. The van der Waals surface area contributed by atoms with E-state index in [-0.39, 0.29) is 11.8 Å². The molecule has 2 aliphatic rings. The molecule has 1 saturated carbocycles. The zero-order valence-electron chi connectivity index (χ0n) is 16.2. The molecule has 0 bridgehead atoms. The van der Waals surface area contributed by atoms with E-state index in [2.05, 4.69) is 31.0 Å². The van der Waals surface area contributed by atoms with Gasteiger partial charge in [-0.05, 0) is 49.3 Å². The third kappa shape index (κ3) is 4.85. The van der Waals surface area contributed by atoms with Gasteiger partial charge in [0, 0.05) is 37.8 Å². The minimum absolute atomic E-state index is 0.0896. The van der Waals surface area contributed by atoms with Gasteiger partial charge in [-0.25, -0.2) is 0 Å². The van der Waals surface area contributed by atoms with Crippen molar-refractivity contribution in [2.24, 2.45) is 5.92 Å². The smallest absolute Gasteiger partial charge is 0.253 e. The summed E-state index contributed by atoms with van der Waals surface area (Å²) in [6.45, 7) is 9.68. The number of amides is 2. The average molecular weight is 357 g/mol. The molecule has 26 heavy (non-hydrogen) atoms. The molecule has 0 aromatic heterocycles. The molecule has 1 atom stereocenters. The highest BCUT2D eigenvalue weighted by atomic mass is 16.2. The lowest BCUT2D eigenvalue weighted by Gasteiger charge is -2.34. The lowest BCUT2D eigenvalue weighted by molar-refractivity contribution is -0.123. The molecule has 1 aliphatic carbocycles. The van der Waals surface area contributed by atoms with Crippen molar-refractivity contribution in [2.75, 3.05) is 32.7 Å². The van der Waals surface area contributed by atoms with Crippen LogP contribution in [0.1, 0.15) is 55.5 Å². The quantitative estimate of drug-likeness (QED) is 0.851. The van der Waals surface area contributed by atoms with Crippen LogP contribution in [0.25, 0.3) is 0 Å². The van der Waals surface area contributed by atoms with E-state index in [1.807, 2.05) is 29.2 Å². The van der Waals surface area contributed by atoms with Gasteiger partial charge in [0.1, 0.15) is 0 Å². The van der Waals surface area contributed by atoms with Crippen LogP contribution in [0, 0.1) is 5.92 Å². The highest BCUT2D eigenvalue weighted by molar-refractivity contribution is 5.94. The largest absolute Gasteiger partial charge is 0.352 e. The summed E-state index contributed by atoms with van der Waals surface area (Å²) in [6, 6.07) is 8.23. The second kappa shape index (κ2) is 8.21. The van der Waals surface area contributed by atoms with Gasteiger partial charge in [0.2, 0.25) is 5.91 Å². The van der Waals surface area contributed by atoms with E-state index in [1.54, 1.807) is 0 Å². The van der Waals surface area contributed by atoms with Crippen molar-refractivity contribution in [3.8, 4) is 0 Å². The lowest BCUT2D eigenvalue weighted by atomic mass is 10.0. The molecule has 1 aliphatic heterocycles. The first-order valence-corrected chi connectivity index (χ1v) is 9.85. The Bertz CT molecular complexity index is 629. The Labute approximate surface area is 156 Å². The molecule has 142 valence electrons. The molecule has 1 N–H and O–H groups in total. The van der Waals surface area contributed by atoms with Gasteiger partial charge in [0.05, 0.1) is 6.54 Å². The van der Waals surface area contributed by atoms with Gasteiger partial charge in [0.15, 0.2) is 0 Å². The van der Waals surface area contributed by atoms with Crippen LogP contribution in [0.4, 0.5) is 0 Å². The number of carbonyl (C=O) groups excluding carboxylic acids is 2. The molecule has 2 amide bonds. The van der Waals surface area contributed by atoms with Gasteiger partial charge >= 0.3 is 0 Å². The number of nitrogens with zero attached hydrogens (tertiary/aromatic N) is 2. The van der Waals surface area contributed by atoms with Crippen LogP contribution in [0.2, 0.25) is 0 Å². The van der Waals surface area contributed by atoms with Gasteiger partial charge in [-0.1, -0.05) is 26.0 Å². The van der Waals surface area contributed by atoms with Crippen molar-refractivity contribution >= 4 is 11.8 Å². The predicted molar refractivity (Wildman–Crippen MR) is 103 cm³/mol. The van der Waals surface area contributed by atoms with Crippen molar-refractivity contribution in [3.05, 3.63) is 35.4 Å². The number of carbonyl (C=O) groups is 2. The molecule has 1 saturated heterocycles. The molecule has 3 rings (SSSR count). The Morgan fingerprint density at radius 3 is 2.19 bits per heavy atom. The Hall–Kier alpha value is -1.88. The molecule has 1 unspecified atom stereocenters. The van der Waals surface area contributed by atoms with Crippen molar-refractivity contribution in [2.45, 2.75) is 45.6 Å². The summed E-state index contributed by atoms with van der Waals surface area (Å²) in [5.74, 6) is 1.34. The number of hydrogen-bond donors (Lipinski definition) is 1. The monoisotopic (exact) mass is 357 g/mol. The summed E-state index contributed by atoms with van der Waals surface area (Å²) in [7, 11) is 0. The topological polar surface area (TPSA) is 52.7 Å². The van der Waals surface area contributed by atoms with Crippen molar-refractivity contribution in [3.63, 3.8) is 0 Å². The number of rotatable bonds is 6. The normalized spacial score (nSPS) is 19.5. The van der Waals surface area contributed by atoms with Gasteiger partial charge < -0.3 is 10.2 Å². The molecule has 1 aromatic rings. The van der Waals surface area contributed by atoms with E-state index in [9.17, 15) is 9.59 Å². The van der Waals surface area contributed by atoms with Crippen LogP contribution in [0.5, 0.6) is 0 Å². The van der Waals surface area contributed by atoms with Gasteiger partial charge in [-0.2, -0.15) is 0 Å². The molecule has 5 nitrogen and oxygen atoms in total. The Morgan fingerprint density at radius 2 is 1.65 bits per heavy atom. The predicted octanol–water partition coefficient (Wildman–Crippen LogP) is 2.48. The molecular formula is C21H31N3O2. The van der Waals surface area contributed by atoms with Gasteiger partial charge in [0.25, 0.3) is 5.91 Å². The van der Waals surface area contributed by atoms with E-state index in [0.717, 1.165) is 18.7 Å². The highest BCUT2D eigenvalue weighted by Gasteiger charge is 2.29. The summed E-state index contributed by atoms with van der Waals surface area (Å²) < 4.78 is 0. The fraction of sp³-hybridized carbons (Fsp3) is 0.619. The maximum absolute atomic E-state index is 12.7. The SMILES string of the molecule is CC(C)c1ccc(C(=O)N2CCN(CC(=O)NC(C)C3CC3)CC2)cc1. The van der Waals surface area contributed by atoms with Crippen LogP contribution in [0.15, 0.2) is 24.3 Å².